The summed E-state index contributed by atoms with van der Waals surface area (Å²) in [5.41, 5.74) is 0.433. The van der Waals surface area contributed by atoms with Gasteiger partial charge in [-0.25, -0.2) is 8.42 Å². The van der Waals surface area contributed by atoms with Gasteiger partial charge in [-0.2, -0.15) is 0 Å². The van der Waals surface area contributed by atoms with Gasteiger partial charge in [-0.15, -0.1) is 11.3 Å². The molecular weight excluding hydrogens is 312 g/mol. The molecule has 0 spiro atoms. The number of anilines is 1. The lowest BCUT2D eigenvalue weighted by Gasteiger charge is -2.05. The van der Waals surface area contributed by atoms with Crippen molar-refractivity contribution < 1.29 is 8.42 Å². The van der Waals surface area contributed by atoms with E-state index in [1.54, 1.807) is 29.8 Å². The number of thiophene rings is 1. The minimum atomic E-state index is -3.48. The Kier molecular flexibility index (Phi) is 3.27. The van der Waals surface area contributed by atoms with Crippen LogP contribution in [0.5, 0.6) is 0 Å². The maximum Gasteiger partial charge on any atom is 0.271 e. The van der Waals surface area contributed by atoms with Gasteiger partial charge in [-0.05, 0) is 33.4 Å². The number of nitrogens with zero attached hydrogens (tertiary/aromatic N) is 1. The van der Waals surface area contributed by atoms with E-state index in [4.69, 9.17) is 0 Å². The summed E-state index contributed by atoms with van der Waals surface area (Å²) in [7, 11) is -3.48. The van der Waals surface area contributed by atoms with Crippen molar-refractivity contribution >= 4 is 43.0 Å². The van der Waals surface area contributed by atoms with Gasteiger partial charge >= 0.3 is 0 Å². The van der Waals surface area contributed by atoms with E-state index in [9.17, 15) is 8.42 Å². The Morgan fingerprint density at radius 2 is 2.19 bits per heavy atom. The number of sulfonamides is 1. The Hall–Kier alpha value is -0.920. The first-order chi connectivity index (χ1) is 7.58. The van der Waals surface area contributed by atoms with Gasteiger partial charge in [0.1, 0.15) is 4.21 Å². The van der Waals surface area contributed by atoms with E-state index in [2.05, 4.69) is 25.6 Å². The molecule has 0 aliphatic rings. The van der Waals surface area contributed by atoms with Crippen molar-refractivity contribution in [2.45, 2.75) is 4.21 Å². The minimum absolute atomic E-state index is 0.285. The Labute approximate surface area is 106 Å². The fraction of sp³-hybridized carbons (Fsp3) is 0. The summed E-state index contributed by atoms with van der Waals surface area (Å²) in [6.45, 7) is 0. The second-order valence-electron chi connectivity index (χ2n) is 2.93. The van der Waals surface area contributed by atoms with Gasteiger partial charge < -0.3 is 0 Å². The van der Waals surface area contributed by atoms with Crippen molar-refractivity contribution in [1.82, 2.24) is 4.98 Å². The summed E-state index contributed by atoms with van der Waals surface area (Å²) in [6, 6.07) is 4.90. The van der Waals surface area contributed by atoms with Crippen LogP contribution in [-0.2, 0) is 10.0 Å². The fourth-order valence-electron chi connectivity index (χ4n) is 1.09. The molecule has 0 amide bonds. The molecule has 0 unspecified atom stereocenters. The van der Waals surface area contributed by atoms with Crippen LogP contribution in [0.15, 0.2) is 44.7 Å². The molecule has 2 aromatic heterocycles. The second kappa shape index (κ2) is 4.52. The fourth-order valence-corrected chi connectivity index (χ4v) is 3.48. The standard InChI is InChI=1S/C9H7BrN2O2S2/c10-7-4-8(6-11-5-7)12-16(13,14)9-2-1-3-15-9/h1-6,12H. The number of aromatic nitrogens is 1. The summed E-state index contributed by atoms with van der Waals surface area (Å²) in [4.78, 5) is 3.88. The molecule has 0 aliphatic heterocycles. The third-order valence-electron chi connectivity index (χ3n) is 1.72. The maximum atomic E-state index is 11.8. The van der Waals surface area contributed by atoms with E-state index >= 15 is 0 Å². The molecule has 2 aromatic rings. The number of halogens is 1. The van der Waals surface area contributed by atoms with E-state index in [1.807, 2.05) is 0 Å². The largest absolute Gasteiger partial charge is 0.277 e. The van der Waals surface area contributed by atoms with Crippen molar-refractivity contribution in [3.05, 3.63) is 40.4 Å². The highest BCUT2D eigenvalue weighted by Crippen LogP contribution is 2.21. The Bertz CT molecular complexity index is 581. The maximum absolute atomic E-state index is 11.8. The molecule has 0 bridgehead atoms. The molecule has 2 heterocycles. The summed E-state index contributed by atoms with van der Waals surface area (Å²) in [6.07, 6.45) is 3.04. The Morgan fingerprint density at radius 1 is 1.38 bits per heavy atom. The van der Waals surface area contributed by atoms with Crippen LogP contribution >= 0.6 is 27.3 Å². The third kappa shape index (κ3) is 2.60. The van der Waals surface area contributed by atoms with E-state index in [0.717, 1.165) is 4.47 Å². The lowest BCUT2D eigenvalue weighted by molar-refractivity contribution is 0.603. The highest BCUT2D eigenvalue weighted by molar-refractivity contribution is 9.10. The zero-order valence-electron chi connectivity index (χ0n) is 7.92. The SMILES string of the molecule is O=S(=O)(Nc1cncc(Br)c1)c1cccs1. The molecule has 0 atom stereocenters. The zero-order valence-corrected chi connectivity index (χ0v) is 11.1. The van der Waals surface area contributed by atoms with Gasteiger partial charge in [-0.3, -0.25) is 9.71 Å². The lowest BCUT2D eigenvalue weighted by Crippen LogP contribution is -2.11. The second-order valence-corrected chi connectivity index (χ2v) is 6.70. The summed E-state index contributed by atoms with van der Waals surface area (Å²) >= 11 is 4.39. The topological polar surface area (TPSA) is 59.1 Å². The van der Waals surface area contributed by atoms with Gasteiger partial charge in [0.05, 0.1) is 11.9 Å². The van der Waals surface area contributed by atoms with Crippen LogP contribution in [0.25, 0.3) is 0 Å². The van der Waals surface area contributed by atoms with Crippen LogP contribution in [0.3, 0.4) is 0 Å². The predicted molar refractivity (Wildman–Crippen MR) is 67.1 cm³/mol. The molecule has 2 rings (SSSR count). The molecule has 0 saturated heterocycles. The van der Waals surface area contributed by atoms with Crippen molar-refractivity contribution in [2.24, 2.45) is 0 Å². The molecule has 0 aromatic carbocycles. The third-order valence-corrected chi connectivity index (χ3v) is 4.93. The average Bonchev–Trinajstić information content (AvgIpc) is 2.69. The van der Waals surface area contributed by atoms with Gasteiger partial charge in [0.25, 0.3) is 10.0 Å². The first-order valence-corrected chi connectivity index (χ1v) is 7.40. The molecule has 0 aliphatic carbocycles. The minimum Gasteiger partial charge on any atom is -0.277 e. The molecule has 0 saturated carbocycles. The Morgan fingerprint density at radius 3 is 2.81 bits per heavy atom. The van der Waals surface area contributed by atoms with Crippen molar-refractivity contribution in [3.63, 3.8) is 0 Å². The van der Waals surface area contributed by atoms with Crippen LogP contribution in [0.4, 0.5) is 5.69 Å². The van der Waals surface area contributed by atoms with Crippen LogP contribution in [0, 0.1) is 0 Å². The number of rotatable bonds is 3. The smallest absolute Gasteiger partial charge is 0.271 e. The first kappa shape index (κ1) is 11.6. The number of nitrogens with one attached hydrogen (secondary N) is 1. The van der Waals surface area contributed by atoms with Crippen molar-refractivity contribution in [3.8, 4) is 0 Å². The summed E-state index contributed by atoms with van der Waals surface area (Å²) in [5.74, 6) is 0. The number of hydrogen-bond donors (Lipinski definition) is 1. The molecular formula is C9H7BrN2O2S2. The van der Waals surface area contributed by atoms with Gasteiger partial charge in [0, 0.05) is 10.7 Å². The van der Waals surface area contributed by atoms with E-state index in [-0.39, 0.29) is 4.21 Å². The highest BCUT2D eigenvalue weighted by Gasteiger charge is 2.14. The molecule has 7 heteroatoms. The van der Waals surface area contributed by atoms with E-state index in [1.165, 1.54) is 17.5 Å². The lowest BCUT2D eigenvalue weighted by atomic mass is 10.4. The molecule has 4 nitrogen and oxygen atoms in total. The summed E-state index contributed by atoms with van der Waals surface area (Å²) in [5, 5.41) is 1.72. The van der Waals surface area contributed by atoms with Crippen molar-refractivity contribution in [1.29, 1.82) is 0 Å². The van der Waals surface area contributed by atoms with E-state index in [0.29, 0.717) is 5.69 Å². The van der Waals surface area contributed by atoms with Gasteiger partial charge in [0.15, 0.2) is 0 Å². The molecule has 16 heavy (non-hydrogen) atoms. The number of hydrogen-bond acceptors (Lipinski definition) is 4. The van der Waals surface area contributed by atoms with Crippen molar-refractivity contribution in [2.75, 3.05) is 4.72 Å². The quantitative estimate of drug-likeness (QED) is 0.946. The predicted octanol–water partition coefficient (Wildman–Crippen LogP) is 2.71. The average molecular weight is 319 g/mol. The molecule has 0 fully saturated rings. The molecule has 0 radical (unpaired) electrons. The number of pyridine rings is 1. The highest BCUT2D eigenvalue weighted by atomic mass is 79.9. The summed E-state index contributed by atoms with van der Waals surface area (Å²) < 4.78 is 27.1. The molecule has 84 valence electrons. The van der Waals surface area contributed by atoms with Crippen LogP contribution in [-0.4, -0.2) is 13.4 Å². The van der Waals surface area contributed by atoms with Crippen LogP contribution in [0.1, 0.15) is 0 Å². The van der Waals surface area contributed by atoms with E-state index < -0.39 is 10.0 Å². The Balaban J connectivity index is 2.29. The monoisotopic (exact) mass is 318 g/mol. The normalized spacial score (nSPS) is 11.3. The first-order valence-electron chi connectivity index (χ1n) is 4.25. The van der Waals surface area contributed by atoms with Crippen LogP contribution in [0.2, 0.25) is 0 Å². The van der Waals surface area contributed by atoms with Crippen LogP contribution < -0.4 is 4.72 Å². The molecule has 1 N–H and O–H groups in total. The van der Waals surface area contributed by atoms with Gasteiger partial charge in [-0.1, -0.05) is 6.07 Å². The van der Waals surface area contributed by atoms with Gasteiger partial charge in [0.2, 0.25) is 0 Å². The zero-order chi connectivity index (χ0) is 11.6.